The summed E-state index contributed by atoms with van der Waals surface area (Å²) in [5.74, 6) is -0.648. The molecule has 1 aliphatic heterocycles. The Hall–Kier alpha value is -3.88. The molecule has 10 nitrogen and oxygen atoms in total. The molecule has 0 radical (unpaired) electrons. The molecule has 4 aromatic rings. The van der Waals surface area contributed by atoms with Crippen molar-refractivity contribution < 1.29 is 14.6 Å². The number of hydrogen-bond donors (Lipinski definition) is 2. The maximum absolute atomic E-state index is 11.9. The van der Waals surface area contributed by atoms with Crippen LogP contribution in [0.2, 0.25) is 0 Å². The molecule has 11 heteroatoms. The second-order valence-corrected chi connectivity index (χ2v) is 12.3. The number of aromatic nitrogens is 5. The number of hydrogen-bond acceptors (Lipinski definition) is 9. The molecule has 0 aromatic carbocycles. The maximum atomic E-state index is 11.9. The van der Waals surface area contributed by atoms with Crippen LogP contribution >= 0.6 is 11.3 Å². The number of rotatable bonds is 6. The van der Waals surface area contributed by atoms with E-state index in [2.05, 4.69) is 26.7 Å². The lowest BCUT2D eigenvalue weighted by molar-refractivity contribution is -0.156. The third-order valence-corrected chi connectivity index (χ3v) is 10.4. The average molecular weight is 556 g/mol. The number of nitrogens with zero attached hydrogens (tertiary/aromatic N) is 6. The van der Waals surface area contributed by atoms with Gasteiger partial charge in [-0.15, -0.1) is 10.2 Å². The monoisotopic (exact) mass is 555 g/mol. The Labute approximate surface area is 235 Å². The summed E-state index contributed by atoms with van der Waals surface area (Å²) >= 11 is 1.61. The smallest absolute Gasteiger partial charge is 0.309 e. The molecule has 4 fully saturated rings. The molecule has 2 N–H and O–H groups in total. The van der Waals surface area contributed by atoms with E-state index in [0.717, 1.165) is 83.5 Å². The number of fused-ring (bicyclic) bond motifs is 4. The summed E-state index contributed by atoms with van der Waals surface area (Å²) in [7, 11) is 0. The van der Waals surface area contributed by atoms with Gasteiger partial charge in [-0.2, -0.15) is 10.4 Å². The third kappa shape index (κ3) is 4.14. The lowest BCUT2D eigenvalue weighted by atomic mass is 9.54. The van der Waals surface area contributed by atoms with Crippen LogP contribution in [0.4, 0.5) is 5.69 Å². The fourth-order valence-electron chi connectivity index (χ4n) is 6.58. The number of anilines is 1. The summed E-state index contributed by atoms with van der Waals surface area (Å²) in [4.78, 5) is 16.7. The summed E-state index contributed by atoms with van der Waals surface area (Å²) in [6.07, 6.45) is 9.92. The lowest BCUT2D eigenvalue weighted by Gasteiger charge is -2.50. The average Bonchev–Trinajstić information content (AvgIpc) is 3.67. The molecule has 2 bridgehead atoms. The zero-order valence-electron chi connectivity index (χ0n) is 22.0. The van der Waals surface area contributed by atoms with E-state index in [1.807, 2.05) is 30.5 Å². The highest BCUT2D eigenvalue weighted by Crippen LogP contribution is 2.58. The number of nitrogens with one attached hydrogen (secondary N) is 1. The molecule has 0 spiro atoms. The van der Waals surface area contributed by atoms with Crippen molar-refractivity contribution in [1.82, 2.24) is 24.8 Å². The topological polar surface area (TPSA) is 138 Å². The minimum Gasteiger partial charge on any atom is -0.481 e. The molecule has 8 rings (SSSR count). The van der Waals surface area contributed by atoms with Crippen molar-refractivity contribution in [2.45, 2.75) is 62.8 Å². The molecule has 1 saturated heterocycles. The molecule has 5 heterocycles. The van der Waals surface area contributed by atoms with Crippen molar-refractivity contribution in [3.8, 4) is 28.0 Å². The first-order valence-corrected chi connectivity index (χ1v) is 14.6. The summed E-state index contributed by atoms with van der Waals surface area (Å²) in [5.41, 5.74) is 4.17. The molecular weight excluding hydrogens is 526 g/mol. The number of aliphatic carboxylic acids is 1. The minimum atomic E-state index is -0.648. The number of carboxylic acid groups (broad SMARTS) is 1. The molecule has 3 saturated carbocycles. The first kappa shape index (κ1) is 25.1. The highest BCUT2D eigenvalue weighted by atomic mass is 32.1. The minimum absolute atomic E-state index is 0.0758. The highest BCUT2D eigenvalue weighted by molar-refractivity contribution is 7.14. The van der Waals surface area contributed by atoms with Gasteiger partial charge in [-0.25, -0.2) is 4.52 Å². The van der Waals surface area contributed by atoms with Crippen LogP contribution in [0.1, 0.15) is 61.9 Å². The van der Waals surface area contributed by atoms with E-state index < -0.39 is 11.4 Å². The van der Waals surface area contributed by atoms with Gasteiger partial charge in [-0.05, 0) is 75.6 Å². The van der Waals surface area contributed by atoms with Crippen LogP contribution in [-0.2, 0) is 14.9 Å². The van der Waals surface area contributed by atoms with Crippen molar-refractivity contribution in [1.29, 1.82) is 5.26 Å². The normalized spacial score (nSPS) is 24.7. The Morgan fingerprint density at radius 1 is 1.10 bits per heavy atom. The number of pyridine rings is 1. The molecule has 0 atom stereocenters. The molecule has 3 aliphatic carbocycles. The zero-order valence-corrected chi connectivity index (χ0v) is 22.8. The van der Waals surface area contributed by atoms with E-state index in [-0.39, 0.29) is 11.5 Å². The number of ether oxygens (including phenoxy) is 1. The van der Waals surface area contributed by atoms with Gasteiger partial charge in [0.15, 0.2) is 5.01 Å². The van der Waals surface area contributed by atoms with Crippen LogP contribution in [0, 0.1) is 16.7 Å². The Morgan fingerprint density at radius 2 is 1.88 bits per heavy atom. The van der Waals surface area contributed by atoms with E-state index in [9.17, 15) is 15.2 Å². The van der Waals surface area contributed by atoms with Gasteiger partial charge in [0.1, 0.15) is 11.1 Å². The second-order valence-electron chi connectivity index (χ2n) is 11.3. The maximum Gasteiger partial charge on any atom is 0.309 e. The van der Waals surface area contributed by atoms with Crippen molar-refractivity contribution in [3.63, 3.8) is 0 Å². The summed E-state index contributed by atoms with van der Waals surface area (Å²) < 4.78 is 7.38. The van der Waals surface area contributed by atoms with E-state index >= 15 is 0 Å². The molecule has 204 valence electrons. The molecule has 0 unspecified atom stereocenters. The molecule has 4 aromatic heterocycles. The van der Waals surface area contributed by atoms with Crippen LogP contribution in [0.15, 0.2) is 36.7 Å². The number of carboxylic acids is 1. The van der Waals surface area contributed by atoms with Gasteiger partial charge in [-0.1, -0.05) is 11.3 Å². The van der Waals surface area contributed by atoms with Gasteiger partial charge < -0.3 is 15.2 Å². The molecule has 40 heavy (non-hydrogen) atoms. The van der Waals surface area contributed by atoms with Crippen LogP contribution < -0.4 is 5.32 Å². The van der Waals surface area contributed by atoms with Gasteiger partial charge in [0.2, 0.25) is 0 Å². The third-order valence-electron chi connectivity index (χ3n) is 9.19. The van der Waals surface area contributed by atoms with Crippen molar-refractivity contribution in [2.75, 3.05) is 18.5 Å². The largest absolute Gasteiger partial charge is 0.481 e. The van der Waals surface area contributed by atoms with Crippen LogP contribution in [-0.4, -0.2) is 55.1 Å². The van der Waals surface area contributed by atoms with Gasteiger partial charge >= 0.3 is 5.97 Å². The van der Waals surface area contributed by atoms with Crippen molar-refractivity contribution in [2.24, 2.45) is 5.41 Å². The van der Waals surface area contributed by atoms with Crippen LogP contribution in [0.3, 0.4) is 0 Å². The predicted molar refractivity (Wildman–Crippen MR) is 149 cm³/mol. The van der Waals surface area contributed by atoms with Crippen molar-refractivity contribution >= 4 is 28.5 Å². The zero-order chi connectivity index (χ0) is 27.3. The Bertz CT molecular complexity index is 1620. The molecule has 4 aliphatic rings. The summed E-state index contributed by atoms with van der Waals surface area (Å²) in [6.45, 7) is 1.45. The van der Waals surface area contributed by atoms with E-state index in [0.29, 0.717) is 24.8 Å². The molecule has 0 amide bonds. The van der Waals surface area contributed by atoms with Gasteiger partial charge in [0.25, 0.3) is 0 Å². The van der Waals surface area contributed by atoms with Gasteiger partial charge in [-0.3, -0.25) is 9.78 Å². The summed E-state index contributed by atoms with van der Waals surface area (Å²) in [5, 5.41) is 38.4. The van der Waals surface area contributed by atoms with Crippen LogP contribution in [0.25, 0.3) is 27.5 Å². The number of nitriles is 1. The first-order valence-electron chi connectivity index (χ1n) is 13.8. The van der Waals surface area contributed by atoms with E-state index in [4.69, 9.17) is 9.72 Å². The second kappa shape index (κ2) is 9.64. The Kier molecular flexibility index (Phi) is 6.05. The van der Waals surface area contributed by atoms with Gasteiger partial charge in [0.05, 0.1) is 39.6 Å². The molecular formula is C29H29N7O3S. The Balaban J connectivity index is 1.24. The fourth-order valence-corrected chi connectivity index (χ4v) is 7.72. The lowest BCUT2D eigenvalue weighted by Crippen LogP contribution is -2.47. The quantitative estimate of drug-likeness (QED) is 0.334. The van der Waals surface area contributed by atoms with E-state index in [1.165, 1.54) is 0 Å². The predicted octanol–water partition coefficient (Wildman–Crippen LogP) is 5.05. The summed E-state index contributed by atoms with van der Waals surface area (Å²) in [6, 6.07) is 10.2. The van der Waals surface area contributed by atoms with E-state index in [1.54, 1.807) is 22.0 Å². The first-order chi connectivity index (χ1) is 19.5. The fraction of sp³-hybridized carbons (Fsp3) is 0.448. The SMILES string of the molecule is N#Cc1cnn2c(-c3cc(NC4CCOCC4)c(-c4nnc(C56CCC(C(=O)O)(CC5)CC6)s4)cn3)ccc2c1. The highest BCUT2D eigenvalue weighted by Gasteiger charge is 2.54. The standard InChI is InChI=1S/C29H29N7O3S/c30-15-18-13-20-1-2-24(36(20)32-16-18)23-14-22(33-19-3-11-39-12-4-19)21(17-31-23)25-34-35-26(40-25)28-5-8-29(9-6-28,10-7-28)27(37)38/h1-2,13-14,16-17,19H,3-12H2,(H,31,33)(H,37,38). The van der Waals surface area contributed by atoms with Crippen molar-refractivity contribution in [3.05, 3.63) is 47.2 Å². The number of carbonyl (C=O) groups is 1. The van der Waals surface area contributed by atoms with Gasteiger partial charge in [0, 0.05) is 36.6 Å². The Morgan fingerprint density at radius 3 is 2.60 bits per heavy atom. The van der Waals surface area contributed by atoms with Crippen LogP contribution in [0.5, 0.6) is 0 Å².